The Hall–Kier alpha value is -0.970. The quantitative estimate of drug-likeness (QED) is 0.618. The molecule has 1 atom stereocenters. The lowest BCUT2D eigenvalue weighted by Gasteiger charge is -2.12. The maximum Gasteiger partial charge on any atom is 0.0954 e. The van der Waals surface area contributed by atoms with Gasteiger partial charge in [-0.15, -0.1) is 11.3 Å². The standard InChI is InChI=1S/C12H17N3S/c1-2-5-9(15-13)8-12-14-10-6-3-4-7-11(10)16-12/h3-4,6-7,9,15H,2,5,8,13H2,1H3. The fourth-order valence-electron chi connectivity index (χ4n) is 1.81. The van der Waals surface area contributed by atoms with Crippen molar-refractivity contribution in [2.75, 3.05) is 0 Å². The van der Waals surface area contributed by atoms with Gasteiger partial charge in [0.25, 0.3) is 0 Å². The van der Waals surface area contributed by atoms with Gasteiger partial charge in [-0.05, 0) is 18.6 Å². The van der Waals surface area contributed by atoms with Crippen LogP contribution in [0, 0.1) is 0 Å². The van der Waals surface area contributed by atoms with E-state index in [0.717, 1.165) is 29.8 Å². The maximum atomic E-state index is 5.53. The number of rotatable bonds is 5. The molecule has 16 heavy (non-hydrogen) atoms. The second-order valence-electron chi connectivity index (χ2n) is 3.93. The molecule has 0 amide bonds. The Morgan fingerprint density at radius 1 is 1.44 bits per heavy atom. The molecular formula is C12H17N3S. The number of aromatic nitrogens is 1. The van der Waals surface area contributed by atoms with Crippen molar-refractivity contribution in [3.05, 3.63) is 29.3 Å². The SMILES string of the molecule is CCCC(Cc1nc2ccccc2s1)NN. The molecule has 86 valence electrons. The third-order valence-electron chi connectivity index (χ3n) is 2.63. The van der Waals surface area contributed by atoms with E-state index in [1.54, 1.807) is 11.3 Å². The van der Waals surface area contributed by atoms with Crippen LogP contribution >= 0.6 is 11.3 Å². The first-order valence-corrected chi connectivity index (χ1v) is 6.45. The highest BCUT2D eigenvalue weighted by Crippen LogP contribution is 2.22. The van der Waals surface area contributed by atoms with E-state index in [4.69, 9.17) is 5.84 Å². The topological polar surface area (TPSA) is 50.9 Å². The first-order valence-electron chi connectivity index (χ1n) is 5.64. The van der Waals surface area contributed by atoms with Crippen molar-refractivity contribution >= 4 is 21.6 Å². The minimum absolute atomic E-state index is 0.338. The van der Waals surface area contributed by atoms with Crippen LogP contribution in [0.15, 0.2) is 24.3 Å². The van der Waals surface area contributed by atoms with Crippen LogP contribution in [0.1, 0.15) is 24.8 Å². The number of benzene rings is 1. The molecule has 0 aliphatic rings. The lowest BCUT2D eigenvalue weighted by atomic mass is 10.1. The number of nitrogens with two attached hydrogens (primary N) is 1. The number of thiazole rings is 1. The second-order valence-corrected chi connectivity index (χ2v) is 5.05. The molecule has 0 fully saturated rings. The molecule has 3 N–H and O–H groups in total. The Labute approximate surface area is 99.7 Å². The van der Waals surface area contributed by atoms with Gasteiger partial charge < -0.3 is 0 Å². The van der Waals surface area contributed by atoms with Crippen molar-refractivity contribution in [3.63, 3.8) is 0 Å². The van der Waals surface area contributed by atoms with E-state index in [2.05, 4.69) is 35.5 Å². The van der Waals surface area contributed by atoms with Gasteiger partial charge in [-0.3, -0.25) is 11.3 Å². The lowest BCUT2D eigenvalue weighted by molar-refractivity contribution is 0.485. The summed E-state index contributed by atoms with van der Waals surface area (Å²) >= 11 is 1.76. The molecule has 3 nitrogen and oxygen atoms in total. The predicted octanol–water partition coefficient (Wildman–Crippen LogP) is 2.47. The zero-order valence-electron chi connectivity index (χ0n) is 9.44. The largest absolute Gasteiger partial charge is 0.271 e. The van der Waals surface area contributed by atoms with Crippen molar-refractivity contribution in [2.24, 2.45) is 5.84 Å². The summed E-state index contributed by atoms with van der Waals surface area (Å²) in [7, 11) is 0. The first-order chi connectivity index (χ1) is 7.83. The summed E-state index contributed by atoms with van der Waals surface area (Å²) in [5, 5.41) is 1.16. The van der Waals surface area contributed by atoms with E-state index in [-0.39, 0.29) is 0 Å². The molecule has 4 heteroatoms. The predicted molar refractivity (Wildman–Crippen MR) is 69.3 cm³/mol. The molecule has 1 aromatic carbocycles. The minimum atomic E-state index is 0.338. The van der Waals surface area contributed by atoms with E-state index in [0.29, 0.717) is 6.04 Å². The summed E-state index contributed by atoms with van der Waals surface area (Å²) in [5.74, 6) is 5.53. The van der Waals surface area contributed by atoms with E-state index in [9.17, 15) is 0 Å². The van der Waals surface area contributed by atoms with Crippen LogP contribution in [-0.4, -0.2) is 11.0 Å². The molecule has 0 aliphatic heterocycles. The highest BCUT2D eigenvalue weighted by Gasteiger charge is 2.10. The molecule has 0 saturated carbocycles. The van der Waals surface area contributed by atoms with E-state index in [1.807, 2.05) is 6.07 Å². The van der Waals surface area contributed by atoms with Crippen LogP contribution in [0.5, 0.6) is 0 Å². The number of hydrogen-bond acceptors (Lipinski definition) is 4. The highest BCUT2D eigenvalue weighted by atomic mass is 32.1. The highest BCUT2D eigenvalue weighted by molar-refractivity contribution is 7.18. The third-order valence-corrected chi connectivity index (χ3v) is 3.69. The van der Waals surface area contributed by atoms with Gasteiger partial charge in [0.1, 0.15) is 0 Å². The molecule has 1 heterocycles. The molecule has 0 saturated heterocycles. The number of hydrogen-bond donors (Lipinski definition) is 2. The first kappa shape index (κ1) is 11.5. The van der Waals surface area contributed by atoms with Crippen LogP contribution in [0.3, 0.4) is 0 Å². The zero-order chi connectivity index (χ0) is 11.4. The monoisotopic (exact) mass is 235 g/mol. The Morgan fingerprint density at radius 3 is 2.94 bits per heavy atom. The Balaban J connectivity index is 2.14. The number of para-hydroxylation sites is 1. The Morgan fingerprint density at radius 2 is 2.25 bits per heavy atom. The molecule has 2 aromatic rings. The number of nitrogens with zero attached hydrogens (tertiary/aromatic N) is 1. The number of hydrazine groups is 1. The fraction of sp³-hybridized carbons (Fsp3) is 0.417. The van der Waals surface area contributed by atoms with Crippen molar-refractivity contribution in [1.82, 2.24) is 10.4 Å². The van der Waals surface area contributed by atoms with Crippen molar-refractivity contribution < 1.29 is 0 Å². The van der Waals surface area contributed by atoms with Crippen LogP contribution < -0.4 is 11.3 Å². The van der Waals surface area contributed by atoms with E-state index >= 15 is 0 Å². The van der Waals surface area contributed by atoms with E-state index in [1.165, 1.54) is 4.70 Å². The normalized spacial score (nSPS) is 13.1. The van der Waals surface area contributed by atoms with Gasteiger partial charge in [-0.2, -0.15) is 0 Å². The van der Waals surface area contributed by atoms with Gasteiger partial charge in [0.05, 0.1) is 15.2 Å². The van der Waals surface area contributed by atoms with Gasteiger partial charge in [-0.25, -0.2) is 4.98 Å². The zero-order valence-corrected chi connectivity index (χ0v) is 10.3. The maximum absolute atomic E-state index is 5.53. The Kier molecular flexibility index (Phi) is 3.88. The van der Waals surface area contributed by atoms with Crippen LogP contribution in [-0.2, 0) is 6.42 Å². The second kappa shape index (κ2) is 5.39. The average Bonchev–Trinajstić information content (AvgIpc) is 2.70. The fourth-order valence-corrected chi connectivity index (χ4v) is 2.86. The van der Waals surface area contributed by atoms with Crippen molar-refractivity contribution in [2.45, 2.75) is 32.2 Å². The van der Waals surface area contributed by atoms with Crippen molar-refractivity contribution in [1.29, 1.82) is 0 Å². The number of fused-ring (bicyclic) bond motifs is 1. The summed E-state index contributed by atoms with van der Waals surface area (Å²) in [6.45, 7) is 2.17. The molecule has 0 bridgehead atoms. The Bertz CT molecular complexity index is 419. The molecular weight excluding hydrogens is 218 g/mol. The minimum Gasteiger partial charge on any atom is -0.271 e. The van der Waals surface area contributed by atoms with Crippen LogP contribution in [0.25, 0.3) is 10.2 Å². The third kappa shape index (κ3) is 2.58. The lowest BCUT2D eigenvalue weighted by Crippen LogP contribution is -2.36. The summed E-state index contributed by atoms with van der Waals surface area (Å²) in [6.07, 6.45) is 3.15. The van der Waals surface area contributed by atoms with Crippen molar-refractivity contribution in [3.8, 4) is 0 Å². The molecule has 1 unspecified atom stereocenters. The van der Waals surface area contributed by atoms with Gasteiger partial charge in [0.2, 0.25) is 0 Å². The molecule has 0 aliphatic carbocycles. The summed E-state index contributed by atoms with van der Waals surface area (Å²) < 4.78 is 1.25. The van der Waals surface area contributed by atoms with Gasteiger partial charge in [-0.1, -0.05) is 25.5 Å². The van der Waals surface area contributed by atoms with E-state index < -0.39 is 0 Å². The van der Waals surface area contributed by atoms with Crippen LogP contribution in [0.4, 0.5) is 0 Å². The number of nitrogens with one attached hydrogen (secondary N) is 1. The summed E-state index contributed by atoms with van der Waals surface area (Å²) in [5.41, 5.74) is 3.95. The summed E-state index contributed by atoms with van der Waals surface area (Å²) in [4.78, 5) is 4.61. The molecule has 1 aromatic heterocycles. The van der Waals surface area contributed by atoms with Crippen LogP contribution in [0.2, 0.25) is 0 Å². The smallest absolute Gasteiger partial charge is 0.0954 e. The van der Waals surface area contributed by atoms with Gasteiger partial charge in [0, 0.05) is 12.5 Å². The molecule has 0 spiro atoms. The van der Waals surface area contributed by atoms with Gasteiger partial charge in [0.15, 0.2) is 0 Å². The van der Waals surface area contributed by atoms with Gasteiger partial charge >= 0.3 is 0 Å². The molecule has 0 radical (unpaired) electrons. The average molecular weight is 235 g/mol. The summed E-state index contributed by atoms with van der Waals surface area (Å²) in [6, 6.07) is 8.58. The molecule has 2 rings (SSSR count).